The van der Waals surface area contributed by atoms with Gasteiger partial charge in [-0.15, -0.1) is 0 Å². The number of aryl methyl sites for hydroxylation is 1. The van der Waals surface area contributed by atoms with Crippen LogP contribution in [0.15, 0.2) is 53.3 Å². The maximum absolute atomic E-state index is 4.69. The topological polar surface area (TPSA) is 32.3 Å². The van der Waals surface area contributed by atoms with Crippen molar-refractivity contribution in [1.82, 2.24) is 9.97 Å². The number of rotatable bonds is 2. The fraction of sp³-hybridized carbons (Fsp3) is 0.263. The van der Waals surface area contributed by atoms with E-state index < -0.39 is 0 Å². The predicted octanol–water partition coefficient (Wildman–Crippen LogP) is 4.03. The molecule has 3 aromatic rings. The Morgan fingerprint density at radius 2 is 1.67 bits per heavy atom. The first-order valence-electron chi connectivity index (χ1n) is 8.19. The van der Waals surface area contributed by atoms with Crippen molar-refractivity contribution in [2.75, 3.05) is 36.0 Å². The Bertz CT molecular complexity index is 858. The predicted molar refractivity (Wildman–Crippen MR) is 103 cm³/mol. The molecule has 1 saturated heterocycles. The van der Waals surface area contributed by atoms with E-state index in [4.69, 9.17) is 4.98 Å². The molecule has 1 aromatic carbocycles. The first-order chi connectivity index (χ1) is 11.7. The Hall–Kier alpha value is -2.14. The van der Waals surface area contributed by atoms with Crippen molar-refractivity contribution >= 4 is 38.3 Å². The Morgan fingerprint density at radius 3 is 2.42 bits per heavy atom. The molecule has 1 fully saturated rings. The molecule has 0 atom stereocenters. The molecule has 122 valence electrons. The zero-order valence-corrected chi connectivity index (χ0v) is 15.2. The lowest BCUT2D eigenvalue weighted by atomic mass is 10.1. The van der Waals surface area contributed by atoms with E-state index in [0.29, 0.717) is 0 Å². The zero-order chi connectivity index (χ0) is 16.5. The average Bonchev–Trinajstić information content (AvgIpc) is 2.65. The molecule has 0 amide bonds. The molecule has 1 aliphatic rings. The molecule has 4 nitrogen and oxygen atoms in total. The summed E-state index contributed by atoms with van der Waals surface area (Å²) in [7, 11) is 0. The van der Waals surface area contributed by atoms with Gasteiger partial charge in [0.2, 0.25) is 0 Å². The highest BCUT2D eigenvalue weighted by Crippen LogP contribution is 2.33. The average molecular weight is 383 g/mol. The third-order valence-electron chi connectivity index (χ3n) is 4.63. The van der Waals surface area contributed by atoms with E-state index in [2.05, 4.69) is 61.9 Å². The second kappa shape index (κ2) is 6.40. The minimum absolute atomic E-state index is 0.947. The maximum atomic E-state index is 4.69. The number of aromatic nitrogens is 2. The number of piperazine rings is 1. The molecule has 0 bridgehead atoms. The van der Waals surface area contributed by atoms with Crippen molar-refractivity contribution in [3.8, 4) is 0 Å². The lowest BCUT2D eigenvalue weighted by Gasteiger charge is -2.36. The van der Waals surface area contributed by atoms with Gasteiger partial charge in [0, 0.05) is 48.4 Å². The Kier molecular flexibility index (Phi) is 4.10. The lowest BCUT2D eigenvalue weighted by Crippen LogP contribution is -2.47. The number of halogens is 1. The summed E-state index contributed by atoms with van der Waals surface area (Å²) in [4.78, 5) is 13.9. The molecule has 0 saturated carbocycles. The van der Waals surface area contributed by atoms with E-state index >= 15 is 0 Å². The van der Waals surface area contributed by atoms with Gasteiger partial charge < -0.3 is 9.80 Å². The van der Waals surface area contributed by atoms with Crippen LogP contribution in [0.3, 0.4) is 0 Å². The zero-order valence-electron chi connectivity index (χ0n) is 13.6. The van der Waals surface area contributed by atoms with Gasteiger partial charge in [0.25, 0.3) is 0 Å². The number of hydrogen-bond donors (Lipinski definition) is 0. The fourth-order valence-corrected chi connectivity index (χ4v) is 3.84. The minimum Gasteiger partial charge on any atom is -0.353 e. The molecule has 0 spiro atoms. The van der Waals surface area contributed by atoms with Gasteiger partial charge in [-0.05, 0) is 42.1 Å². The highest BCUT2D eigenvalue weighted by molar-refractivity contribution is 9.10. The van der Waals surface area contributed by atoms with Gasteiger partial charge in [0.05, 0.1) is 0 Å². The third-order valence-corrected chi connectivity index (χ3v) is 5.29. The van der Waals surface area contributed by atoms with Crippen LogP contribution in [0.1, 0.15) is 5.56 Å². The van der Waals surface area contributed by atoms with E-state index in [1.165, 1.54) is 16.3 Å². The molecule has 5 heteroatoms. The molecule has 0 N–H and O–H groups in total. The minimum atomic E-state index is 0.947. The fourth-order valence-electron chi connectivity index (χ4n) is 3.31. The Labute approximate surface area is 150 Å². The van der Waals surface area contributed by atoms with E-state index in [0.717, 1.165) is 42.3 Å². The van der Waals surface area contributed by atoms with Crippen LogP contribution in [-0.4, -0.2) is 36.1 Å². The number of pyridine rings is 2. The highest BCUT2D eigenvalue weighted by Gasteiger charge is 2.21. The Morgan fingerprint density at radius 1 is 0.875 bits per heavy atom. The summed E-state index contributed by atoms with van der Waals surface area (Å²) in [5.74, 6) is 2.13. The van der Waals surface area contributed by atoms with Gasteiger partial charge in [0.15, 0.2) is 0 Å². The van der Waals surface area contributed by atoms with Gasteiger partial charge >= 0.3 is 0 Å². The summed E-state index contributed by atoms with van der Waals surface area (Å²) in [5.41, 5.74) is 1.28. The maximum Gasteiger partial charge on any atom is 0.137 e. The molecular formula is C19H19BrN4. The van der Waals surface area contributed by atoms with Crippen molar-refractivity contribution in [2.45, 2.75) is 6.92 Å². The SMILES string of the molecule is Cc1ccc(Br)c2c(N3CCN(c4ccccn4)CC3)nccc12. The van der Waals surface area contributed by atoms with Crippen LogP contribution < -0.4 is 9.80 Å². The van der Waals surface area contributed by atoms with Crippen molar-refractivity contribution in [1.29, 1.82) is 0 Å². The number of hydrogen-bond acceptors (Lipinski definition) is 4. The quantitative estimate of drug-likeness (QED) is 0.669. The Balaban J connectivity index is 1.63. The number of benzene rings is 1. The van der Waals surface area contributed by atoms with E-state index in [1.807, 2.05) is 24.5 Å². The third kappa shape index (κ3) is 2.73. The monoisotopic (exact) mass is 382 g/mol. The smallest absolute Gasteiger partial charge is 0.137 e. The highest BCUT2D eigenvalue weighted by atomic mass is 79.9. The number of fused-ring (bicyclic) bond motifs is 1. The van der Waals surface area contributed by atoms with Crippen LogP contribution >= 0.6 is 15.9 Å². The summed E-state index contributed by atoms with van der Waals surface area (Å²) in [6, 6.07) is 12.4. The number of anilines is 2. The van der Waals surface area contributed by atoms with Gasteiger partial charge in [-0.25, -0.2) is 9.97 Å². The van der Waals surface area contributed by atoms with Crippen molar-refractivity contribution < 1.29 is 0 Å². The van der Waals surface area contributed by atoms with E-state index in [-0.39, 0.29) is 0 Å². The summed E-state index contributed by atoms with van der Waals surface area (Å²) >= 11 is 3.71. The standard InChI is InChI=1S/C19H19BrN4/c1-14-5-6-16(20)18-15(14)7-9-22-19(18)24-12-10-23(11-13-24)17-4-2-3-8-21-17/h2-9H,10-13H2,1H3. The summed E-state index contributed by atoms with van der Waals surface area (Å²) in [5, 5.41) is 2.48. The summed E-state index contributed by atoms with van der Waals surface area (Å²) in [6.07, 6.45) is 3.77. The van der Waals surface area contributed by atoms with E-state index in [9.17, 15) is 0 Å². The van der Waals surface area contributed by atoms with E-state index in [1.54, 1.807) is 0 Å². The van der Waals surface area contributed by atoms with Crippen LogP contribution in [-0.2, 0) is 0 Å². The van der Waals surface area contributed by atoms with Crippen LogP contribution in [0.2, 0.25) is 0 Å². The van der Waals surface area contributed by atoms with Crippen molar-refractivity contribution in [3.05, 3.63) is 58.8 Å². The van der Waals surface area contributed by atoms with Gasteiger partial charge in [-0.2, -0.15) is 0 Å². The first-order valence-corrected chi connectivity index (χ1v) is 8.98. The summed E-state index contributed by atoms with van der Waals surface area (Å²) < 4.78 is 1.11. The van der Waals surface area contributed by atoms with Gasteiger partial charge in [0.1, 0.15) is 11.6 Å². The van der Waals surface area contributed by atoms with Crippen LogP contribution in [0, 0.1) is 6.92 Å². The van der Waals surface area contributed by atoms with Crippen LogP contribution in [0.4, 0.5) is 11.6 Å². The molecule has 1 aliphatic heterocycles. The number of nitrogens with zero attached hydrogens (tertiary/aromatic N) is 4. The van der Waals surface area contributed by atoms with Crippen LogP contribution in [0.25, 0.3) is 10.8 Å². The molecule has 0 unspecified atom stereocenters. The molecule has 4 rings (SSSR count). The molecule has 0 radical (unpaired) electrons. The second-order valence-corrected chi connectivity index (χ2v) is 6.94. The lowest BCUT2D eigenvalue weighted by molar-refractivity contribution is 0.643. The summed E-state index contributed by atoms with van der Waals surface area (Å²) in [6.45, 7) is 5.96. The molecule has 2 aromatic heterocycles. The van der Waals surface area contributed by atoms with Gasteiger partial charge in [-0.1, -0.05) is 28.1 Å². The second-order valence-electron chi connectivity index (χ2n) is 6.08. The molecular weight excluding hydrogens is 364 g/mol. The van der Waals surface area contributed by atoms with Gasteiger partial charge in [-0.3, -0.25) is 0 Å². The van der Waals surface area contributed by atoms with Crippen molar-refractivity contribution in [2.24, 2.45) is 0 Å². The first kappa shape index (κ1) is 15.4. The normalized spacial score (nSPS) is 15.1. The molecule has 0 aliphatic carbocycles. The van der Waals surface area contributed by atoms with Crippen molar-refractivity contribution in [3.63, 3.8) is 0 Å². The van der Waals surface area contributed by atoms with Crippen LogP contribution in [0.5, 0.6) is 0 Å². The molecule has 3 heterocycles. The largest absolute Gasteiger partial charge is 0.353 e. The molecule has 24 heavy (non-hydrogen) atoms.